The lowest BCUT2D eigenvalue weighted by Gasteiger charge is -2.72. The fourth-order valence-corrected chi connectivity index (χ4v) is 13.9. The lowest BCUT2D eigenvalue weighted by molar-refractivity contribution is -0.757. The molecule has 1 aliphatic heterocycles. The van der Waals surface area contributed by atoms with Gasteiger partial charge >= 0.3 is 0 Å². The average Bonchev–Trinajstić information content (AvgIpc) is 3.44. The molecule has 1 saturated heterocycles. The van der Waals surface area contributed by atoms with Crippen LogP contribution in [0.1, 0.15) is 117 Å². The summed E-state index contributed by atoms with van der Waals surface area (Å²) in [5.41, 5.74) is 5.89. The molecule has 5 fully saturated rings. The molecule has 0 amide bonds. The zero-order valence-electron chi connectivity index (χ0n) is 28.5. The number of aromatic nitrogens is 3. The Morgan fingerprint density at radius 2 is 1.64 bits per heavy atom. The number of halogens is 2. The highest BCUT2D eigenvalue weighted by Crippen LogP contribution is 2.77. The normalized spacial score (nSPS) is 44.3. The van der Waals surface area contributed by atoms with Crippen LogP contribution in [-0.2, 0) is 30.2 Å². The second-order valence-corrected chi connectivity index (χ2v) is 18.6. The molecule has 1 aromatic carbocycles. The number of rotatable bonds is 2. The number of hydrogen-bond acceptors (Lipinski definition) is 2. The molecular formula is C38H55ClIN3O. The van der Waals surface area contributed by atoms with E-state index in [1.165, 1.54) is 62.8 Å². The highest BCUT2D eigenvalue weighted by molar-refractivity contribution is 6.31. The summed E-state index contributed by atoms with van der Waals surface area (Å²) in [4.78, 5) is 0. The predicted octanol–water partition coefficient (Wildman–Crippen LogP) is 5.32. The smallest absolute Gasteiger partial charge is 0.177 e. The molecule has 2 heterocycles. The molecule has 0 unspecified atom stereocenters. The second-order valence-electron chi connectivity index (χ2n) is 18.2. The van der Waals surface area contributed by atoms with Crippen LogP contribution in [0.3, 0.4) is 0 Å². The number of fused-ring (bicyclic) bond motifs is 6. The van der Waals surface area contributed by atoms with Crippen LogP contribution in [0.25, 0.3) is 0 Å². The van der Waals surface area contributed by atoms with Crippen LogP contribution < -0.4 is 28.7 Å². The van der Waals surface area contributed by atoms with Crippen LogP contribution in [0, 0.1) is 50.7 Å². The Morgan fingerprint density at radius 3 is 2.39 bits per heavy atom. The standard InChI is InChI=1S/C38H55ClN3O.HI/c1-33(2)17-19-38-20-18-36(6)25(30(38)32(33)43-23-38)13-14-29-35(5)21-27-31(34(3,4)28(35)15-16-37(29,36)7)42(40-41(27)8)22-24-11-9-10-12-26(24)39;/h9-12,25,28-30,32H,13-23H2,1-8H3;1H/q+1;/p-1/t25-,28+,29-,30+,32-,35+,36-,37-,38-;/m1./s1. The summed E-state index contributed by atoms with van der Waals surface area (Å²) in [6, 6.07) is 8.28. The quantitative estimate of drug-likeness (QED) is 0.310. The van der Waals surface area contributed by atoms with Crippen molar-refractivity contribution in [2.75, 3.05) is 6.61 Å². The van der Waals surface area contributed by atoms with Gasteiger partial charge in [0, 0.05) is 22.4 Å². The molecule has 44 heavy (non-hydrogen) atoms. The molecule has 6 heteroatoms. The maximum Gasteiger partial charge on any atom is 0.177 e. The van der Waals surface area contributed by atoms with Crippen LogP contribution in [0.4, 0.5) is 0 Å². The van der Waals surface area contributed by atoms with E-state index in [-0.39, 0.29) is 34.8 Å². The van der Waals surface area contributed by atoms with Crippen molar-refractivity contribution in [3.05, 3.63) is 46.2 Å². The van der Waals surface area contributed by atoms with Crippen molar-refractivity contribution in [2.45, 2.75) is 124 Å². The maximum atomic E-state index is 6.81. The van der Waals surface area contributed by atoms with Gasteiger partial charge in [-0.1, -0.05) is 78.3 Å². The van der Waals surface area contributed by atoms with E-state index in [0.717, 1.165) is 47.9 Å². The number of aryl methyl sites for hydroxylation is 1. The van der Waals surface area contributed by atoms with Gasteiger partial charge in [0.25, 0.3) is 0 Å². The zero-order chi connectivity index (χ0) is 30.4. The van der Waals surface area contributed by atoms with Crippen molar-refractivity contribution in [1.82, 2.24) is 9.90 Å². The third-order valence-electron chi connectivity index (χ3n) is 15.9. The molecule has 242 valence electrons. The molecule has 4 saturated carbocycles. The van der Waals surface area contributed by atoms with Gasteiger partial charge in [-0.2, -0.15) is 0 Å². The van der Waals surface area contributed by atoms with Crippen molar-refractivity contribution in [1.29, 1.82) is 0 Å². The molecule has 8 rings (SSSR count). The number of nitrogens with zero attached hydrogens (tertiary/aromatic N) is 3. The van der Waals surface area contributed by atoms with Gasteiger partial charge in [-0.05, 0) is 108 Å². The van der Waals surface area contributed by atoms with Gasteiger partial charge in [-0.15, -0.1) is 9.36 Å². The first-order chi connectivity index (χ1) is 20.2. The highest BCUT2D eigenvalue weighted by Gasteiger charge is 2.73. The van der Waals surface area contributed by atoms with Gasteiger partial charge in [0.1, 0.15) is 13.6 Å². The Bertz CT molecular complexity index is 1480. The fraction of sp³-hybridized carbons (Fsp3) is 0.789. The van der Waals surface area contributed by atoms with Gasteiger partial charge in [0.2, 0.25) is 0 Å². The molecule has 0 N–H and O–H groups in total. The third kappa shape index (κ3) is 3.90. The molecule has 6 aliphatic rings. The average molecular weight is 732 g/mol. The number of ether oxygens (including phenoxy) is 1. The summed E-state index contributed by atoms with van der Waals surface area (Å²) < 4.78 is 11.3. The molecular weight excluding hydrogens is 677 g/mol. The van der Waals surface area contributed by atoms with Crippen molar-refractivity contribution < 1.29 is 33.4 Å². The van der Waals surface area contributed by atoms with Crippen LogP contribution in [0.2, 0.25) is 5.02 Å². The first-order valence-electron chi connectivity index (χ1n) is 17.5. The lowest BCUT2D eigenvalue weighted by Crippen LogP contribution is -3.00. The largest absolute Gasteiger partial charge is 1.00 e. The predicted molar refractivity (Wildman–Crippen MR) is 172 cm³/mol. The Labute approximate surface area is 288 Å². The van der Waals surface area contributed by atoms with E-state index in [1.807, 2.05) is 12.1 Å². The van der Waals surface area contributed by atoms with Gasteiger partial charge in [0.05, 0.1) is 17.9 Å². The topological polar surface area (TPSA) is 30.9 Å². The van der Waals surface area contributed by atoms with E-state index >= 15 is 0 Å². The van der Waals surface area contributed by atoms with E-state index in [2.05, 4.69) is 77.0 Å². The molecule has 0 radical (unpaired) electrons. The minimum absolute atomic E-state index is 0. The van der Waals surface area contributed by atoms with Crippen LogP contribution in [0.15, 0.2) is 24.3 Å². The molecule has 2 bridgehead atoms. The maximum absolute atomic E-state index is 6.81. The van der Waals surface area contributed by atoms with E-state index < -0.39 is 0 Å². The van der Waals surface area contributed by atoms with Gasteiger partial charge in [-0.25, -0.2) is 0 Å². The first kappa shape index (κ1) is 31.9. The van der Waals surface area contributed by atoms with E-state index in [9.17, 15) is 0 Å². The summed E-state index contributed by atoms with van der Waals surface area (Å²) in [6.45, 7) is 20.1. The van der Waals surface area contributed by atoms with E-state index in [1.54, 1.807) is 0 Å². The molecule has 5 aliphatic carbocycles. The Balaban J connectivity index is 0.00000312. The van der Waals surface area contributed by atoms with Crippen LogP contribution in [0.5, 0.6) is 0 Å². The van der Waals surface area contributed by atoms with E-state index in [4.69, 9.17) is 21.6 Å². The minimum Gasteiger partial charge on any atom is -1.00 e. The third-order valence-corrected chi connectivity index (χ3v) is 16.2. The van der Waals surface area contributed by atoms with Crippen LogP contribution in [-0.4, -0.2) is 22.6 Å². The number of benzene rings is 1. The molecule has 2 aromatic rings. The SMILES string of the molecule is Cn1n[n+](Cc2ccccc2Cl)c2c1C[C@]1(C)[C@H]3CC[C@@H]4[C@H]5[C@H]6OC[C@@]5(CCC6(C)C)CC[C@@]4(C)[C@]3(C)CC[C@H]1C2(C)C.[I-]. The Hall–Kier alpha value is -0.660. The van der Waals surface area contributed by atoms with Crippen molar-refractivity contribution in [3.63, 3.8) is 0 Å². The van der Waals surface area contributed by atoms with Crippen molar-refractivity contribution in [2.24, 2.45) is 57.8 Å². The van der Waals surface area contributed by atoms with E-state index in [0.29, 0.717) is 33.7 Å². The minimum atomic E-state index is 0. The molecule has 9 atom stereocenters. The summed E-state index contributed by atoms with van der Waals surface area (Å²) in [5, 5.41) is 5.99. The monoisotopic (exact) mass is 731 g/mol. The van der Waals surface area contributed by atoms with Crippen molar-refractivity contribution in [3.8, 4) is 0 Å². The first-order valence-corrected chi connectivity index (χ1v) is 17.9. The summed E-state index contributed by atoms with van der Waals surface area (Å²) in [5.74, 6) is 2.95. The summed E-state index contributed by atoms with van der Waals surface area (Å²) >= 11 is 6.65. The highest BCUT2D eigenvalue weighted by atomic mass is 127. The second kappa shape index (κ2) is 9.94. The molecule has 0 spiro atoms. The Morgan fingerprint density at radius 1 is 0.909 bits per heavy atom. The summed E-state index contributed by atoms with van der Waals surface area (Å²) in [6.07, 6.45) is 12.6. The van der Waals surface area contributed by atoms with Gasteiger partial charge in [0.15, 0.2) is 11.4 Å². The summed E-state index contributed by atoms with van der Waals surface area (Å²) in [7, 11) is 2.18. The van der Waals surface area contributed by atoms with Crippen LogP contribution >= 0.6 is 11.6 Å². The molecule has 1 aromatic heterocycles. The van der Waals surface area contributed by atoms with Crippen molar-refractivity contribution >= 4 is 11.6 Å². The van der Waals surface area contributed by atoms with Gasteiger partial charge < -0.3 is 28.7 Å². The number of hydrogen-bond donors (Lipinski definition) is 0. The fourth-order valence-electron chi connectivity index (χ4n) is 13.7. The molecule has 4 nitrogen and oxygen atoms in total. The van der Waals surface area contributed by atoms with Gasteiger partial charge in [-0.3, -0.25) is 0 Å². The lowest BCUT2D eigenvalue weighted by atomic mass is 9.31. The Kier molecular flexibility index (Phi) is 7.21. The zero-order valence-corrected chi connectivity index (χ0v) is 31.4.